The fourth-order valence-corrected chi connectivity index (χ4v) is 4.72. The minimum Gasteiger partial charge on any atom is -0.300 e. The Labute approximate surface area is 120 Å². The van der Waals surface area contributed by atoms with Crippen LogP contribution in [0.4, 0.5) is 0 Å². The summed E-state index contributed by atoms with van der Waals surface area (Å²) in [4.78, 5) is 11.7. The second kappa shape index (κ2) is 6.06. The molecule has 0 aliphatic carbocycles. The van der Waals surface area contributed by atoms with Crippen LogP contribution in [-0.4, -0.2) is 31.1 Å². The van der Waals surface area contributed by atoms with Gasteiger partial charge in [0.05, 0.1) is 4.90 Å². The van der Waals surface area contributed by atoms with Gasteiger partial charge in [0.1, 0.15) is 5.78 Å². The van der Waals surface area contributed by atoms with Gasteiger partial charge < -0.3 is 0 Å². The lowest BCUT2D eigenvalue weighted by molar-refractivity contribution is -0.118. The second-order valence-electron chi connectivity index (χ2n) is 5.44. The first-order valence-corrected chi connectivity index (χ1v) is 8.44. The highest BCUT2D eigenvalue weighted by atomic mass is 32.2. The summed E-state index contributed by atoms with van der Waals surface area (Å²) in [6.07, 6.45) is 2.92. The molecule has 1 aliphatic heterocycles. The normalized spacial score (nSPS) is 20.8. The zero-order valence-corrected chi connectivity index (χ0v) is 12.8. The molecule has 0 bridgehead atoms. The molecule has 0 saturated carbocycles. The van der Waals surface area contributed by atoms with Crippen molar-refractivity contribution < 1.29 is 13.2 Å². The predicted octanol–water partition coefficient (Wildman–Crippen LogP) is 2.52. The van der Waals surface area contributed by atoms with E-state index >= 15 is 0 Å². The first-order valence-electron chi connectivity index (χ1n) is 7.00. The van der Waals surface area contributed by atoms with E-state index in [1.165, 1.54) is 11.2 Å². The lowest BCUT2D eigenvalue weighted by Crippen LogP contribution is -2.44. The van der Waals surface area contributed by atoms with Crippen molar-refractivity contribution >= 4 is 15.8 Å². The number of sulfonamides is 1. The highest BCUT2D eigenvalue weighted by molar-refractivity contribution is 7.89. The summed E-state index contributed by atoms with van der Waals surface area (Å²) in [5, 5.41) is 0. The van der Waals surface area contributed by atoms with Gasteiger partial charge in [0.2, 0.25) is 10.0 Å². The third-order valence-electron chi connectivity index (χ3n) is 3.78. The summed E-state index contributed by atoms with van der Waals surface area (Å²) < 4.78 is 27.2. The van der Waals surface area contributed by atoms with Crippen molar-refractivity contribution in [3.8, 4) is 0 Å². The quantitative estimate of drug-likeness (QED) is 0.857. The van der Waals surface area contributed by atoms with Crippen molar-refractivity contribution in [3.05, 3.63) is 29.8 Å². The number of Topliss-reactive ketones (excluding diaryl/α,β-unsaturated/α-hetero) is 1. The Kier molecular flexibility index (Phi) is 4.60. The Morgan fingerprint density at radius 1 is 1.30 bits per heavy atom. The third-order valence-corrected chi connectivity index (χ3v) is 5.89. The van der Waals surface area contributed by atoms with E-state index in [1.54, 1.807) is 25.1 Å². The van der Waals surface area contributed by atoms with E-state index in [9.17, 15) is 13.2 Å². The molecule has 1 atom stereocenters. The molecule has 1 aliphatic rings. The van der Waals surface area contributed by atoms with Gasteiger partial charge in [-0.05, 0) is 38.3 Å². The van der Waals surface area contributed by atoms with Crippen LogP contribution < -0.4 is 0 Å². The van der Waals surface area contributed by atoms with E-state index in [1.807, 2.05) is 6.07 Å². The van der Waals surface area contributed by atoms with Crippen molar-refractivity contribution in [2.75, 3.05) is 6.54 Å². The molecule has 1 saturated heterocycles. The van der Waals surface area contributed by atoms with E-state index in [4.69, 9.17) is 0 Å². The van der Waals surface area contributed by atoms with E-state index in [0.717, 1.165) is 24.8 Å². The molecular formula is C15H21NO3S. The lowest BCUT2D eigenvalue weighted by Gasteiger charge is -2.34. The Morgan fingerprint density at radius 3 is 2.65 bits per heavy atom. The molecule has 0 N–H and O–H groups in total. The monoisotopic (exact) mass is 295 g/mol. The fourth-order valence-electron chi connectivity index (χ4n) is 2.80. The average molecular weight is 295 g/mol. The van der Waals surface area contributed by atoms with Gasteiger partial charge in [-0.25, -0.2) is 8.42 Å². The number of hydrogen-bond acceptors (Lipinski definition) is 3. The van der Waals surface area contributed by atoms with Crippen LogP contribution in [0.2, 0.25) is 0 Å². The van der Waals surface area contributed by atoms with Gasteiger partial charge in [0.25, 0.3) is 0 Å². The second-order valence-corrected chi connectivity index (χ2v) is 7.30. The molecule has 110 valence electrons. The number of carbonyl (C=O) groups is 1. The predicted molar refractivity (Wildman–Crippen MR) is 78.0 cm³/mol. The number of nitrogens with zero attached hydrogens (tertiary/aromatic N) is 1. The molecule has 2 rings (SSSR count). The maximum Gasteiger partial charge on any atom is 0.243 e. The molecule has 1 aromatic rings. The number of aryl methyl sites for hydroxylation is 1. The minimum absolute atomic E-state index is 0.0434. The molecular weight excluding hydrogens is 274 g/mol. The Morgan fingerprint density at radius 2 is 2.00 bits per heavy atom. The molecule has 1 heterocycles. The van der Waals surface area contributed by atoms with E-state index < -0.39 is 10.0 Å². The van der Waals surface area contributed by atoms with E-state index in [-0.39, 0.29) is 11.8 Å². The largest absolute Gasteiger partial charge is 0.300 e. The maximum atomic E-state index is 12.8. The van der Waals surface area contributed by atoms with Gasteiger partial charge in [-0.3, -0.25) is 4.79 Å². The standard InChI is InChI=1S/C15H21NO3S/c1-12-7-3-4-9-15(12)20(18,19)16-10-6-5-8-14(16)11-13(2)17/h3-4,7,9,14H,5-6,8,10-11H2,1-2H3. The average Bonchev–Trinajstić information content (AvgIpc) is 2.38. The summed E-state index contributed by atoms with van der Waals surface area (Å²) in [5.74, 6) is 0.0434. The summed E-state index contributed by atoms with van der Waals surface area (Å²) >= 11 is 0. The molecule has 4 nitrogen and oxygen atoms in total. The van der Waals surface area contributed by atoms with Crippen LogP contribution >= 0.6 is 0 Å². The summed E-state index contributed by atoms with van der Waals surface area (Å²) in [6.45, 7) is 3.83. The highest BCUT2D eigenvalue weighted by Crippen LogP contribution is 2.28. The van der Waals surface area contributed by atoms with Crippen molar-refractivity contribution in [2.24, 2.45) is 0 Å². The van der Waals surface area contributed by atoms with Crippen LogP contribution in [0.25, 0.3) is 0 Å². The molecule has 1 unspecified atom stereocenters. The van der Waals surface area contributed by atoms with Crippen molar-refractivity contribution in [2.45, 2.75) is 50.5 Å². The van der Waals surface area contributed by atoms with Crippen LogP contribution in [0.15, 0.2) is 29.2 Å². The molecule has 5 heteroatoms. The Bertz CT molecular complexity index is 595. The van der Waals surface area contributed by atoms with Crippen molar-refractivity contribution in [3.63, 3.8) is 0 Å². The number of piperidine rings is 1. The molecule has 20 heavy (non-hydrogen) atoms. The maximum absolute atomic E-state index is 12.8. The minimum atomic E-state index is -3.51. The third kappa shape index (κ3) is 3.10. The smallest absolute Gasteiger partial charge is 0.243 e. The van der Waals surface area contributed by atoms with Crippen LogP contribution in [0.5, 0.6) is 0 Å². The molecule has 0 aromatic heterocycles. The Balaban J connectivity index is 2.36. The van der Waals surface area contributed by atoms with Gasteiger partial charge in [-0.15, -0.1) is 0 Å². The summed E-state index contributed by atoms with van der Waals surface area (Å²) in [5.41, 5.74) is 0.750. The zero-order chi connectivity index (χ0) is 14.8. The van der Waals surface area contributed by atoms with Crippen LogP contribution in [0.3, 0.4) is 0 Å². The molecule has 0 spiro atoms. The topological polar surface area (TPSA) is 54.5 Å². The first-order chi connectivity index (χ1) is 9.43. The number of benzene rings is 1. The number of rotatable bonds is 4. The Hall–Kier alpha value is -1.20. The van der Waals surface area contributed by atoms with Crippen molar-refractivity contribution in [1.82, 2.24) is 4.31 Å². The van der Waals surface area contributed by atoms with Gasteiger partial charge in [-0.1, -0.05) is 24.6 Å². The van der Waals surface area contributed by atoms with Gasteiger partial charge in [0, 0.05) is 19.0 Å². The zero-order valence-electron chi connectivity index (χ0n) is 12.0. The summed E-state index contributed by atoms with van der Waals surface area (Å²) in [7, 11) is -3.51. The van der Waals surface area contributed by atoms with Crippen LogP contribution in [-0.2, 0) is 14.8 Å². The van der Waals surface area contributed by atoms with Crippen LogP contribution in [0, 0.1) is 6.92 Å². The van der Waals surface area contributed by atoms with Gasteiger partial charge >= 0.3 is 0 Å². The van der Waals surface area contributed by atoms with Crippen molar-refractivity contribution in [1.29, 1.82) is 0 Å². The first kappa shape index (κ1) is 15.2. The van der Waals surface area contributed by atoms with Crippen LogP contribution in [0.1, 0.15) is 38.2 Å². The molecule has 0 amide bonds. The van der Waals surface area contributed by atoms with Gasteiger partial charge in [-0.2, -0.15) is 4.31 Å². The number of ketones is 1. The number of carbonyl (C=O) groups excluding carboxylic acids is 1. The fraction of sp³-hybridized carbons (Fsp3) is 0.533. The molecule has 1 fully saturated rings. The molecule has 1 aromatic carbocycles. The van der Waals surface area contributed by atoms with E-state index in [2.05, 4.69) is 0 Å². The van der Waals surface area contributed by atoms with Gasteiger partial charge in [0.15, 0.2) is 0 Å². The highest BCUT2D eigenvalue weighted by Gasteiger charge is 2.34. The summed E-state index contributed by atoms with van der Waals surface area (Å²) in [6, 6.07) is 6.83. The number of hydrogen-bond donors (Lipinski definition) is 0. The SMILES string of the molecule is CC(=O)CC1CCCCN1S(=O)(=O)c1ccccc1C. The lowest BCUT2D eigenvalue weighted by atomic mass is 10.0. The molecule has 0 radical (unpaired) electrons. The van der Waals surface area contributed by atoms with E-state index in [0.29, 0.717) is 17.9 Å².